The van der Waals surface area contributed by atoms with E-state index in [-0.39, 0.29) is 5.91 Å². The average Bonchev–Trinajstić information content (AvgIpc) is 2.53. The first-order valence-electron chi connectivity index (χ1n) is 7.24. The van der Waals surface area contributed by atoms with E-state index in [1.165, 1.54) is 4.90 Å². The van der Waals surface area contributed by atoms with E-state index < -0.39 is 5.41 Å². The molecule has 1 aromatic rings. The topological polar surface area (TPSA) is 67.9 Å². The number of anilines is 1. The van der Waals surface area contributed by atoms with Crippen molar-refractivity contribution in [3.63, 3.8) is 0 Å². The second-order valence-electron chi connectivity index (χ2n) is 5.19. The van der Waals surface area contributed by atoms with Crippen molar-refractivity contribution in [2.45, 2.75) is 39.5 Å². The summed E-state index contributed by atoms with van der Waals surface area (Å²) in [5.74, 6) is -0.226. The molecular weight excluding hydrogens is 262 g/mol. The predicted molar refractivity (Wildman–Crippen MR) is 82.4 cm³/mol. The third kappa shape index (κ3) is 3.41. The Kier molecular flexibility index (Phi) is 5.93. The monoisotopic (exact) mass is 283 g/mol. The highest BCUT2D eigenvalue weighted by Gasteiger charge is 2.39. The lowest BCUT2D eigenvalue weighted by atomic mass is 9.79. The summed E-state index contributed by atoms with van der Waals surface area (Å²) in [6.07, 6.45) is 2.62. The van der Waals surface area contributed by atoms with E-state index in [9.17, 15) is 10.1 Å². The Bertz CT molecular complexity index is 574. The van der Waals surface area contributed by atoms with Gasteiger partial charge in [0.15, 0.2) is 0 Å². The van der Waals surface area contributed by atoms with Gasteiger partial charge in [-0.1, -0.05) is 38.8 Å². The molecule has 0 aromatic heterocycles. The van der Waals surface area contributed by atoms with Gasteiger partial charge in [0.1, 0.15) is 11.5 Å². The van der Waals surface area contributed by atoms with Crippen molar-refractivity contribution in [1.82, 2.24) is 0 Å². The molecule has 0 heterocycles. The fourth-order valence-corrected chi connectivity index (χ4v) is 2.64. The number of nitrogens with zero attached hydrogens (tertiary/aromatic N) is 3. The normalized spacial score (nSPS) is 10.5. The van der Waals surface area contributed by atoms with Crippen molar-refractivity contribution >= 4 is 11.6 Å². The van der Waals surface area contributed by atoms with Crippen molar-refractivity contribution in [1.29, 1.82) is 10.5 Å². The Balaban J connectivity index is 3.21. The van der Waals surface area contributed by atoms with Gasteiger partial charge in [-0.2, -0.15) is 10.5 Å². The van der Waals surface area contributed by atoms with Crippen LogP contribution in [0.2, 0.25) is 0 Å². The summed E-state index contributed by atoms with van der Waals surface area (Å²) in [4.78, 5) is 14.3. The molecule has 0 aliphatic rings. The van der Waals surface area contributed by atoms with Gasteiger partial charge in [0.25, 0.3) is 0 Å². The molecule has 0 N–H and O–H groups in total. The van der Waals surface area contributed by atoms with Gasteiger partial charge in [-0.15, -0.1) is 0 Å². The minimum atomic E-state index is -0.999. The zero-order chi connectivity index (χ0) is 15.9. The van der Waals surface area contributed by atoms with Crippen molar-refractivity contribution in [2.24, 2.45) is 5.41 Å². The van der Waals surface area contributed by atoms with Crippen LogP contribution in [0, 0.1) is 28.1 Å². The van der Waals surface area contributed by atoms with Gasteiger partial charge in [0, 0.05) is 7.05 Å². The number of para-hydroxylation sites is 1. The van der Waals surface area contributed by atoms with Gasteiger partial charge in [-0.25, -0.2) is 0 Å². The zero-order valence-corrected chi connectivity index (χ0v) is 12.9. The first-order chi connectivity index (χ1) is 10.1. The second kappa shape index (κ2) is 7.45. The maximum absolute atomic E-state index is 12.8. The number of rotatable bonds is 6. The van der Waals surface area contributed by atoms with Crippen LogP contribution < -0.4 is 4.90 Å². The standard InChI is InChI=1S/C17H21N3O/c1-4-10-17(13-19,11-5-2)16(21)20(3)15-9-7-6-8-14(15)12-18/h6-9H,4-5,10-11H2,1-3H3. The van der Waals surface area contributed by atoms with Crippen LogP contribution in [-0.2, 0) is 4.79 Å². The molecule has 0 fully saturated rings. The lowest BCUT2D eigenvalue weighted by Crippen LogP contribution is -2.41. The number of carbonyl (C=O) groups excluding carboxylic acids is 1. The summed E-state index contributed by atoms with van der Waals surface area (Å²) in [6, 6.07) is 11.3. The van der Waals surface area contributed by atoms with Gasteiger partial charge >= 0.3 is 0 Å². The maximum Gasteiger partial charge on any atom is 0.247 e. The second-order valence-corrected chi connectivity index (χ2v) is 5.19. The van der Waals surface area contributed by atoms with Crippen LogP contribution in [0.4, 0.5) is 5.69 Å². The SMILES string of the molecule is CCCC(C#N)(CCC)C(=O)N(C)c1ccccc1C#N. The van der Waals surface area contributed by atoms with Crippen molar-refractivity contribution in [3.8, 4) is 12.1 Å². The fraction of sp³-hybridized carbons (Fsp3) is 0.471. The third-order valence-corrected chi connectivity index (χ3v) is 3.67. The number of amides is 1. The van der Waals surface area contributed by atoms with Crippen LogP contribution in [0.25, 0.3) is 0 Å². The summed E-state index contributed by atoms with van der Waals surface area (Å²) in [5.41, 5.74) is -0.00843. The minimum Gasteiger partial charge on any atom is -0.313 e. The maximum atomic E-state index is 12.8. The molecule has 0 radical (unpaired) electrons. The van der Waals surface area contributed by atoms with E-state index in [1.807, 2.05) is 13.8 Å². The Morgan fingerprint density at radius 3 is 2.24 bits per heavy atom. The molecule has 0 aliphatic carbocycles. The molecule has 1 amide bonds. The average molecular weight is 283 g/mol. The molecule has 4 heteroatoms. The summed E-state index contributed by atoms with van der Waals surface area (Å²) in [6.45, 7) is 3.94. The van der Waals surface area contributed by atoms with E-state index >= 15 is 0 Å². The number of benzene rings is 1. The summed E-state index contributed by atoms with van der Waals surface area (Å²) in [5, 5.41) is 18.7. The Morgan fingerprint density at radius 1 is 1.19 bits per heavy atom. The van der Waals surface area contributed by atoms with Crippen molar-refractivity contribution < 1.29 is 4.79 Å². The molecule has 110 valence electrons. The molecule has 21 heavy (non-hydrogen) atoms. The van der Waals surface area contributed by atoms with E-state index in [0.29, 0.717) is 24.1 Å². The summed E-state index contributed by atoms with van der Waals surface area (Å²) in [7, 11) is 1.63. The lowest BCUT2D eigenvalue weighted by Gasteiger charge is -2.30. The summed E-state index contributed by atoms with van der Waals surface area (Å²) >= 11 is 0. The molecule has 0 spiro atoms. The minimum absolute atomic E-state index is 0.226. The molecule has 0 bridgehead atoms. The van der Waals surface area contributed by atoms with Crippen molar-refractivity contribution in [2.75, 3.05) is 11.9 Å². The number of hydrogen-bond donors (Lipinski definition) is 0. The Morgan fingerprint density at radius 2 is 1.76 bits per heavy atom. The van der Waals surface area contributed by atoms with Crippen LogP contribution in [0.5, 0.6) is 0 Å². The van der Waals surface area contributed by atoms with Crippen LogP contribution in [-0.4, -0.2) is 13.0 Å². The molecule has 0 saturated heterocycles. The highest BCUT2D eigenvalue weighted by Crippen LogP contribution is 2.33. The molecule has 1 aromatic carbocycles. The molecule has 1 rings (SSSR count). The molecule has 0 unspecified atom stereocenters. The van der Waals surface area contributed by atoms with Gasteiger partial charge in [-0.3, -0.25) is 4.79 Å². The molecule has 4 nitrogen and oxygen atoms in total. The Labute approximate surface area is 126 Å². The van der Waals surface area contributed by atoms with Gasteiger partial charge in [-0.05, 0) is 25.0 Å². The van der Waals surface area contributed by atoms with Crippen molar-refractivity contribution in [3.05, 3.63) is 29.8 Å². The van der Waals surface area contributed by atoms with Gasteiger partial charge in [0.05, 0.1) is 17.3 Å². The highest BCUT2D eigenvalue weighted by molar-refractivity contribution is 5.99. The fourth-order valence-electron chi connectivity index (χ4n) is 2.64. The van der Waals surface area contributed by atoms with E-state index in [4.69, 9.17) is 5.26 Å². The van der Waals surface area contributed by atoms with Crippen LogP contribution >= 0.6 is 0 Å². The summed E-state index contributed by atoms with van der Waals surface area (Å²) < 4.78 is 0. The highest BCUT2D eigenvalue weighted by atomic mass is 16.2. The quantitative estimate of drug-likeness (QED) is 0.800. The van der Waals surface area contributed by atoms with E-state index in [1.54, 1.807) is 31.3 Å². The number of nitriles is 2. The van der Waals surface area contributed by atoms with Crippen LogP contribution in [0.3, 0.4) is 0 Å². The molecule has 0 aliphatic heterocycles. The molecule has 0 saturated carbocycles. The number of carbonyl (C=O) groups is 1. The molecule has 0 atom stereocenters. The van der Waals surface area contributed by atoms with E-state index in [0.717, 1.165) is 12.8 Å². The predicted octanol–water partition coefficient (Wildman–Crippen LogP) is 3.63. The van der Waals surface area contributed by atoms with Crippen LogP contribution in [0.15, 0.2) is 24.3 Å². The third-order valence-electron chi connectivity index (χ3n) is 3.67. The number of hydrogen-bond acceptors (Lipinski definition) is 3. The van der Waals surface area contributed by atoms with Crippen LogP contribution in [0.1, 0.15) is 45.1 Å². The lowest BCUT2D eigenvalue weighted by molar-refractivity contribution is -0.125. The first kappa shape index (κ1) is 16.7. The Hall–Kier alpha value is -2.33. The van der Waals surface area contributed by atoms with Gasteiger partial charge < -0.3 is 4.90 Å². The first-order valence-corrected chi connectivity index (χ1v) is 7.24. The zero-order valence-electron chi connectivity index (χ0n) is 12.9. The smallest absolute Gasteiger partial charge is 0.247 e. The molecular formula is C17H21N3O. The van der Waals surface area contributed by atoms with E-state index in [2.05, 4.69) is 12.1 Å². The largest absolute Gasteiger partial charge is 0.313 e. The van der Waals surface area contributed by atoms with Gasteiger partial charge in [0.2, 0.25) is 5.91 Å².